The van der Waals surface area contributed by atoms with E-state index in [2.05, 4.69) is 58.7 Å². The zero-order chi connectivity index (χ0) is 51.0. The van der Waals surface area contributed by atoms with Gasteiger partial charge in [0.25, 0.3) is 17.6 Å². The molecule has 0 atom stereocenters. The number of fused-ring (bicyclic) bond motifs is 4. The monoisotopic (exact) mass is 1050 g/mol. The summed E-state index contributed by atoms with van der Waals surface area (Å²) in [6, 6.07) is 7.51. The summed E-state index contributed by atoms with van der Waals surface area (Å²) in [4.78, 5) is 107. The average molecular weight is 1050 g/mol. The number of Topliss-reactive ketones (excluding diaryl/α,β-unsaturated/α-hetero) is 1. The van der Waals surface area contributed by atoms with Crippen molar-refractivity contribution >= 4 is 145 Å². The number of aromatic nitrogens is 6. The molecule has 3 aliphatic heterocycles. The van der Waals surface area contributed by atoms with Crippen LogP contribution in [0.25, 0.3) is 52.0 Å². The average Bonchev–Trinajstić information content (AvgIpc) is 4.21. The molecule has 3 amide bonds. The summed E-state index contributed by atoms with van der Waals surface area (Å²) in [5.41, 5.74) is 7.44. The standard InChI is InChI=1S/C21H18N6O2S2.C14H15NO5S.C13H17N5OS/c1-26-4-6-27(7-5-26)21-23-16(12-3-9-31-20(12)25-21)15-14(17(28)24-18(15)29)13-10-22-19-11(13)2-8-30-19;1-14(2,3)20-13(18)15-7-9(10(16)12(17)19-4)8-5-6-21-11(8)15;1-17-3-5-18(6-4-17)13-15-10(8-11(14)19)9-2-7-20-12(9)16-13/h2-3,8-10,22H,4-7H2,1H3,(H,24,28,29);5-7H,1-4H3;2,7H,3-6,8H2,1H3,(H2,14,19). The largest absolute Gasteiger partial charge is 0.463 e. The van der Waals surface area contributed by atoms with E-state index in [1.807, 2.05) is 34.3 Å². The summed E-state index contributed by atoms with van der Waals surface area (Å²) >= 11 is 5.92. The van der Waals surface area contributed by atoms with E-state index in [0.29, 0.717) is 39.0 Å². The Hall–Kier alpha value is -6.96. The Balaban J connectivity index is 0.000000139. The smallest absolute Gasteiger partial charge is 0.419 e. The molecule has 2 fully saturated rings. The number of hydrogen-bond donors (Lipinski definition) is 3. The van der Waals surface area contributed by atoms with Crippen molar-refractivity contribution in [3.63, 3.8) is 0 Å². The summed E-state index contributed by atoms with van der Waals surface area (Å²) in [5.74, 6) is -1.61. The van der Waals surface area contributed by atoms with Crippen molar-refractivity contribution < 1.29 is 38.2 Å². The number of anilines is 2. The quantitative estimate of drug-likeness (QED) is 0.0698. The molecule has 20 nitrogen and oxygen atoms in total. The number of esters is 1. The molecule has 0 aromatic carbocycles. The molecular formula is C48H50N12O8S4. The number of amides is 3. The Bertz CT molecular complexity index is 3430. The summed E-state index contributed by atoms with van der Waals surface area (Å²) < 4.78 is 11.0. The van der Waals surface area contributed by atoms with Crippen molar-refractivity contribution in [1.29, 1.82) is 0 Å². The molecule has 0 saturated carbocycles. The first kappa shape index (κ1) is 50.0. The highest BCUT2D eigenvalue weighted by Crippen LogP contribution is 2.39. The third-order valence-electron chi connectivity index (χ3n) is 12.0. The van der Waals surface area contributed by atoms with Crippen molar-refractivity contribution in [2.24, 2.45) is 5.73 Å². The summed E-state index contributed by atoms with van der Waals surface area (Å²) in [5, 5.41) is 13.3. The van der Waals surface area contributed by atoms with Crippen LogP contribution in [0.4, 0.5) is 16.7 Å². The molecule has 11 rings (SSSR count). The second-order valence-electron chi connectivity index (χ2n) is 18.1. The van der Waals surface area contributed by atoms with Gasteiger partial charge in [-0.05, 0) is 80.7 Å². The Morgan fingerprint density at radius 3 is 1.89 bits per heavy atom. The molecule has 2 saturated heterocycles. The topological polar surface area (TPSA) is 244 Å². The van der Waals surface area contributed by atoms with Crippen molar-refractivity contribution in [2.75, 3.05) is 83.4 Å². The fraction of sp³-hybridized carbons (Fsp3) is 0.333. The van der Waals surface area contributed by atoms with E-state index in [1.54, 1.807) is 61.1 Å². The molecular weight excluding hydrogens is 1000 g/mol. The number of ether oxygens (including phenoxy) is 2. The predicted octanol–water partition coefficient (Wildman–Crippen LogP) is 5.87. The molecule has 374 valence electrons. The third kappa shape index (κ3) is 10.4. The van der Waals surface area contributed by atoms with E-state index in [1.165, 1.54) is 33.4 Å². The molecule has 0 radical (unpaired) electrons. The maximum absolute atomic E-state index is 13.0. The number of carbonyl (C=O) groups is 6. The number of thiophene rings is 4. The van der Waals surface area contributed by atoms with E-state index >= 15 is 0 Å². The fourth-order valence-electron chi connectivity index (χ4n) is 8.31. The van der Waals surface area contributed by atoms with E-state index in [9.17, 15) is 28.8 Å². The Morgan fingerprint density at radius 1 is 0.708 bits per heavy atom. The molecule has 8 aromatic rings. The van der Waals surface area contributed by atoms with Crippen molar-refractivity contribution in [2.45, 2.75) is 32.8 Å². The first-order valence-corrected chi connectivity index (χ1v) is 26.2. The molecule has 0 aliphatic carbocycles. The summed E-state index contributed by atoms with van der Waals surface area (Å²) in [6.07, 6.45) is 2.67. The Labute approximate surface area is 428 Å². The summed E-state index contributed by atoms with van der Waals surface area (Å²) in [7, 11) is 5.34. The first-order chi connectivity index (χ1) is 34.5. The zero-order valence-electron chi connectivity index (χ0n) is 40.1. The van der Waals surface area contributed by atoms with Gasteiger partial charge in [0.05, 0.1) is 41.6 Å². The van der Waals surface area contributed by atoms with Gasteiger partial charge in [-0.1, -0.05) is 0 Å². The number of ketones is 1. The van der Waals surface area contributed by atoms with Crippen molar-refractivity contribution in [3.8, 4) is 0 Å². The number of H-pyrrole nitrogens is 1. The van der Waals surface area contributed by atoms with Gasteiger partial charge in [0.15, 0.2) is 0 Å². The van der Waals surface area contributed by atoms with Crippen LogP contribution in [0, 0.1) is 0 Å². The second-order valence-corrected chi connectivity index (χ2v) is 21.7. The molecule has 11 heterocycles. The molecule has 72 heavy (non-hydrogen) atoms. The number of nitrogens with one attached hydrogen (secondary N) is 2. The maximum atomic E-state index is 13.0. The van der Waals surface area contributed by atoms with Crippen LogP contribution in [-0.4, -0.2) is 154 Å². The number of aromatic amines is 1. The normalized spacial score (nSPS) is 15.8. The Morgan fingerprint density at radius 2 is 1.26 bits per heavy atom. The van der Waals surface area contributed by atoms with Gasteiger partial charge in [-0.25, -0.2) is 34.1 Å². The van der Waals surface area contributed by atoms with Gasteiger partial charge in [-0.2, -0.15) is 0 Å². The lowest BCUT2D eigenvalue weighted by atomic mass is 9.98. The zero-order valence-corrected chi connectivity index (χ0v) is 43.4. The minimum atomic E-state index is -0.968. The van der Waals surface area contributed by atoms with E-state index in [4.69, 9.17) is 20.4 Å². The SMILES string of the molecule is CN1CCN(c2nc(C3=C(c4c[nH]c5sccc45)C(=O)NC3=O)c3ccsc3n2)CC1.CN1CCN(c2nc(CC(N)=O)c3ccsc3n2)CC1.COC(=O)C(=O)c1cn(C(=O)OC(C)(C)C)c2sccc12. The highest BCUT2D eigenvalue weighted by Gasteiger charge is 2.36. The number of nitrogens with zero attached hydrogens (tertiary/aromatic N) is 9. The molecule has 3 aliphatic rings. The lowest BCUT2D eigenvalue weighted by Gasteiger charge is -2.32. The van der Waals surface area contributed by atoms with Crippen LogP contribution < -0.4 is 20.9 Å². The van der Waals surface area contributed by atoms with Gasteiger partial charge < -0.3 is 39.8 Å². The number of nitrogens with two attached hydrogens (primary N) is 1. The molecule has 24 heteroatoms. The number of rotatable bonds is 8. The van der Waals surface area contributed by atoms with Gasteiger partial charge in [-0.3, -0.25) is 24.5 Å². The molecule has 0 bridgehead atoms. The molecule has 0 unspecified atom stereocenters. The van der Waals surface area contributed by atoms with Crippen LogP contribution >= 0.6 is 45.3 Å². The Kier molecular flexibility index (Phi) is 14.3. The highest BCUT2D eigenvalue weighted by molar-refractivity contribution is 7.17. The van der Waals surface area contributed by atoms with Gasteiger partial charge in [0.1, 0.15) is 24.9 Å². The molecule has 4 N–H and O–H groups in total. The lowest BCUT2D eigenvalue weighted by molar-refractivity contribution is -0.135. The van der Waals surface area contributed by atoms with E-state index in [-0.39, 0.29) is 17.9 Å². The first-order valence-electron chi connectivity index (χ1n) is 22.7. The molecule has 0 spiro atoms. The number of likely N-dealkylation sites (N-methyl/N-ethyl adjacent to an activating group) is 2. The van der Waals surface area contributed by atoms with Crippen molar-refractivity contribution in [1.82, 2.24) is 44.6 Å². The van der Waals surface area contributed by atoms with Crippen LogP contribution in [0.5, 0.6) is 0 Å². The minimum absolute atomic E-state index is 0.129. The minimum Gasteiger partial charge on any atom is -0.463 e. The fourth-order valence-corrected chi connectivity index (χ4v) is 11.5. The van der Waals surface area contributed by atoms with Crippen LogP contribution in [0.3, 0.4) is 0 Å². The predicted molar refractivity (Wildman–Crippen MR) is 281 cm³/mol. The van der Waals surface area contributed by atoms with Crippen LogP contribution in [0.15, 0.2) is 58.2 Å². The van der Waals surface area contributed by atoms with Crippen LogP contribution in [0.2, 0.25) is 0 Å². The number of carbonyl (C=O) groups excluding carboxylic acids is 6. The number of methoxy groups -OCH3 is 1. The van der Waals surface area contributed by atoms with Crippen LogP contribution in [0.1, 0.15) is 48.1 Å². The summed E-state index contributed by atoms with van der Waals surface area (Å²) in [6.45, 7) is 12.5. The van der Waals surface area contributed by atoms with E-state index < -0.39 is 35.3 Å². The number of imide groups is 1. The van der Waals surface area contributed by atoms with Crippen molar-refractivity contribution in [3.05, 3.63) is 80.7 Å². The van der Waals surface area contributed by atoms with Gasteiger partial charge >= 0.3 is 12.1 Å². The van der Waals surface area contributed by atoms with Gasteiger partial charge in [-0.15, -0.1) is 45.3 Å². The maximum Gasteiger partial charge on any atom is 0.419 e. The molecule has 8 aromatic heterocycles. The number of piperazine rings is 2. The van der Waals surface area contributed by atoms with Crippen LogP contribution in [-0.2, 0) is 35.1 Å². The third-order valence-corrected chi connectivity index (χ3v) is 15.3. The number of hydrogen-bond acceptors (Lipinski definition) is 20. The van der Waals surface area contributed by atoms with E-state index in [0.717, 1.165) is 101 Å². The van der Waals surface area contributed by atoms with Gasteiger partial charge in [0, 0.05) is 91.9 Å². The highest BCUT2D eigenvalue weighted by atomic mass is 32.1. The lowest BCUT2D eigenvalue weighted by Crippen LogP contribution is -2.45. The van der Waals surface area contributed by atoms with Gasteiger partial charge in [0.2, 0.25) is 17.8 Å². The number of primary amides is 1. The second kappa shape index (κ2) is 20.6.